The van der Waals surface area contributed by atoms with Gasteiger partial charge in [0.25, 0.3) is 5.91 Å². The molecule has 5 rings (SSSR count). The van der Waals surface area contributed by atoms with Crippen LogP contribution in [0.3, 0.4) is 0 Å². The van der Waals surface area contributed by atoms with Crippen LogP contribution in [0.2, 0.25) is 0 Å². The van der Waals surface area contributed by atoms with Crippen molar-refractivity contribution >= 4 is 28.7 Å². The van der Waals surface area contributed by atoms with Crippen molar-refractivity contribution in [3.05, 3.63) is 71.9 Å². The van der Waals surface area contributed by atoms with Crippen molar-refractivity contribution in [2.45, 2.75) is 45.1 Å². The van der Waals surface area contributed by atoms with Crippen LogP contribution in [0.25, 0.3) is 16.7 Å². The van der Waals surface area contributed by atoms with Gasteiger partial charge in [0, 0.05) is 24.6 Å². The van der Waals surface area contributed by atoms with E-state index in [1.807, 2.05) is 20.8 Å². The average molecular weight is 533 g/mol. The maximum atomic E-state index is 13.9. The number of nitrogens with one attached hydrogen (secondary N) is 1. The molecule has 1 aliphatic heterocycles. The van der Waals surface area contributed by atoms with Gasteiger partial charge in [0.15, 0.2) is 5.52 Å². The van der Waals surface area contributed by atoms with Crippen LogP contribution in [0.15, 0.2) is 54.9 Å². The molecule has 1 saturated heterocycles. The van der Waals surface area contributed by atoms with Crippen molar-refractivity contribution in [2.24, 2.45) is 0 Å². The topological polar surface area (TPSA) is 122 Å². The largest absolute Gasteiger partial charge is 0.492 e. The molecule has 2 amide bonds. The summed E-state index contributed by atoms with van der Waals surface area (Å²) >= 11 is 0. The second kappa shape index (κ2) is 10.3. The Kier molecular flexibility index (Phi) is 6.90. The zero-order valence-corrected chi connectivity index (χ0v) is 21.9. The van der Waals surface area contributed by atoms with Gasteiger partial charge in [-0.05, 0) is 70.0 Å². The fourth-order valence-electron chi connectivity index (χ4n) is 4.59. The zero-order valence-electron chi connectivity index (χ0n) is 21.9. The quantitative estimate of drug-likeness (QED) is 0.378. The number of ether oxygens (including phenoxy) is 1. The highest BCUT2D eigenvalue weighted by Gasteiger charge is 2.31. The summed E-state index contributed by atoms with van der Waals surface area (Å²) in [5, 5.41) is 18.0. The van der Waals surface area contributed by atoms with Crippen LogP contribution in [-0.4, -0.2) is 60.4 Å². The minimum absolute atomic E-state index is 0.00700. The number of carbonyl (C=O) groups excluding carboxylic acids is 2. The number of halogens is 1. The molecule has 39 heavy (non-hydrogen) atoms. The zero-order chi connectivity index (χ0) is 27.7. The predicted molar refractivity (Wildman–Crippen MR) is 142 cm³/mol. The molecule has 2 N–H and O–H groups in total. The first-order chi connectivity index (χ1) is 18.6. The number of carbonyl (C=O) groups is 2. The molecular formula is C28H29FN6O4. The molecule has 1 aliphatic rings. The second-order valence-electron chi connectivity index (χ2n) is 10.4. The van der Waals surface area contributed by atoms with Crippen LogP contribution in [0.4, 0.5) is 14.9 Å². The summed E-state index contributed by atoms with van der Waals surface area (Å²) < 4.78 is 21.0. The monoisotopic (exact) mass is 532 g/mol. The van der Waals surface area contributed by atoms with E-state index in [4.69, 9.17) is 9.84 Å². The van der Waals surface area contributed by atoms with E-state index in [0.29, 0.717) is 53.9 Å². The highest BCUT2D eigenvalue weighted by atomic mass is 19.1. The van der Waals surface area contributed by atoms with Gasteiger partial charge in [-0.15, -0.1) is 0 Å². The molecule has 0 spiro atoms. The highest BCUT2D eigenvalue weighted by Crippen LogP contribution is 2.35. The van der Waals surface area contributed by atoms with Gasteiger partial charge < -0.3 is 20.1 Å². The van der Waals surface area contributed by atoms with E-state index in [1.54, 1.807) is 46.0 Å². The van der Waals surface area contributed by atoms with Gasteiger partial charge in [-0.25, -0.2) is 23.8 Å². The third-order valence-electron chi connectivity index (χ3n) is 6.49. The number of aromatic nitrogens is 4. The lowest BCUT2D eigenvalue weighted by molar-refractivity contribution is 0.0204. The molecule has 1 fully saturated rings. The van der Waals surface area contributed by atoms with E-state index in [9.17, 15) is 19.1 Å². The number of likely N-dealkylation sites (tertiary alicyclic amines) is 1. The Morgan fingerprint density at radius 3 is 2.41 bits per heavy atom. The fraction of sp³-hybridized carbons (Fsp3) is 0.321. The Labute approximate surface area is 224 Å². The van der Waals surface area contributed by atoms with Gasteiger partial charge in [-0.2, -0.15) is 5.10 Å². The molecule has 2 aromatic heterocycles. The van der Waals surface area contributed by atoms with Crippen molar-refractivity contribution in [1.29, 1.82) is 0 Å². The molecule has 3 heterocycles. The Morgan fingerprint density at radius 1 is 1.05 bits per heavy atom. The molecule has 4 aromatic rings. The number of aromatic hydroxyl groups is 1. The Hall–Kier alpha value is -4.54. The lowest BCUT2D eigenvalue weighted by Crippen LogP contribution is -2.41. The molecule has 11 heteroatoms. The number of anilines is 1. The van der Waals surface area contributed by atoms with E-state index in [1.165, 1.54) is 18.5 Å². The molecule has 0 atom stereocenters. The lowest BCUT2D eigenvalue weighted by Gasteiger charge is -2.32. The summed E-state index contributed by atoms with van der Waals surface area (Å²) in [6.45, 7) is 6.54. The van der Waals surface area contributed by atoms with Crippen molar-refractivity contribution in [1.82, 2.24) is 24.6 Å². The third kappa shape index (κ3) is 5.52. The molecule has 0 unspecified atom stereocenters. The summed E-state index contributed by atoms with van der Waals surface area (Å²) in [6, 6.07) is 12.5. The molecule has 0 saturated carbocycles. The van der Waals surface area contributed by atoms with Gasteiger partial charge in [0.1, 0.15) is 23.3 Å². The van der Waals surface area contributed by atoms with E-state index >= 15 is 0 Å². The maximum Gasteiger partial charge on any atom is 0.410 e. The number of benzene rings is 2. The van der Waals surface area contributed by atoms with Crippen LogP contribution in [0.1, 0.15) is 55.6 Å². The van der Waals surface area contributed by atoms with Crippen LogP contribution < -0.4 is 5.32 Å². The van der Waals surface area contributed by atoms with Crippen LogP contribution in [0, 0.1) is 5.82 Å². The minimum Gasteiger partial charge on any atom is -0.492 e. The number of hydrogen-bond acceptors (Lipinski definition) is 7. The van der Waals surface area contributed by atoms with Gasteiger partial charge in [-0.3, -0.25) is 4.79 Å². The van der Waals surface area contributed by atoms with Gasteiger partial charge in [0.05, 0.1) is 17.1 Å². The van der Waals surface area contributed by atoms with Gasteiger partial charge in [0.2, 0.25) is 5.88 Å². The van der Waals surface area contributed by atoms with Crippen molar-refractivity contribution in [3.63, 3.8) is 0 Å². The van der Waals surface area contributed by atoms with Crippen LogP contribution >= 0.6 is 0 Å². The minimum atomic E-state index is -0.564. The van der Waals surface area contributed by atoms with E-state index in [-0.39, 0.29) is 23.6 Å². The molecule has 0 radical (unpaired) electrons. The Balaban J connectivity index is 1.38. The summed E-state index contributed by atoms with van der Waals surface area (Å²) in [5.41, 5.74) is 2.02. The van der Waals surface area contributed by atoms with E-state index in [0.717, 1.165) is 0 Å². The first-order valence-electron chi connectivity index (χ1n) is 12.7. The molecular weight excluding hydrogens is 503 g/mol. The SMILES string of the molecule is CC(C)(C)OC(=O)N1CCC(c2nn(-c3ccc(C(=O)Nc4ccccc4F)cc3)c3c(O)ncnc23)CC1. The summed E-state index contributed by atoms with van der Waals surface area (Å²) in [4.78, 5) is 35.2. The second-order valence-corrected chi connectivity index (χ2v) is 10.4. The van der Waals surface area contributed by atoms with Crippen molar-refractivity contribution in [3.8, 4) is 11.6 Å². The van der Waals surface area contributed by atoms with Gasteiger partial charge in [-0.1, -0.05) is 12.1 Å². The number of rotatable bonds is 4. The normalized spacial score (nSPS) is 14.4. The molecule has 0 aliphatic carbocycles. The number of nitrogens with zero attached hydrogens (tertiary/aromatic N) is 5. The smallest absolute Gasteiger partial charge is 0.410 e. The Morgan fingerprint density at radius 2 is 1.74 bits per heavy atom. The number of fused-ring (bicyclic) bond motifs is 1. The Bertz CT molecular complexity index is 1520. The van der Waals surface area contributed by atoms with E-state index < -0.39 is 17.3 Å². The molecule has 2 aromatic carbocycles. The third-order valence-corrected chi connectivity index (χ3v) is 6.49. The van der Waals surface area contributed by atoms with Crippen molar-refractivity contribution in [2.75, 3.05) is 18.4 Å². The van der Waals surface area contributed by atoms with Gasteiger partial charge >= 0.3 is 6.09 Å². The first kappa shape index (κ1) is 26.1. The number of para-hydroxylation sites is 1. The first-order valence-corrected chi connectivity index (χ1v) is 12.7. The molecule has 202 valence electrons. The van der Waals surface area contributed by atoms with E-state index in [2.05, 4.69) is 15.3 Å². The standard InChI is InChI=1S/C28H29FN6O4/c1-28(2,3)39-27(38)34-14-12-17(13-15-34)22-23-24(26(37)31-16-30-23)35(33-22)19-10-8-18(9-11-19)25(36)32-21-7-5-4-6-20(21)29/h4-11,16-17H,12-15H2,1-3H3,(H,32,36)(H,30,31,37). The van der Waals surface area contributed by atoms with Crippen LogP contribution in [-0.2, 0) is 4.74 Å². The number of amides is 2. The molecule has 10 nitrogen and oxygen atoms in total. The summed E-state index contributed by atoms with van der Waals surface area (Å²) in [5.74, 6) is -1.19. The highest BCUT2D eigenvalue weighted by molar-refractivity contribution is 6.04. The lowest BCUT2D eigenvalue weighted by atomic mass is 9.93. The summed E-state index contributed by atoms with van der Waals surface area (Å²) in [6.07, 6.45) is 2.27. The summed E-state index contributed by atoms with van der Waals surface area (Å²) in [7, 11) is 0. The number of piperidine rings is 1. The fourth-order valence-corrected chi connectivity index (χ4v) is 4.59. The maximum absolute atomic E-state index is 13.9. The predicted octanol–water partition coefficient (Wildman–Crippen LogP) is 5.03. The number of hydrogen-bond donors (Lipinski definition) is 2. The average Bonchev–Trinajstić information content (AvgIpc) is 3.30. The van der Waals surface area contributed by atoms with Crippen LogP contribution in [0.5, 0.6) is 5.88 Å². The molecule has 0 bridgehead atoms. The van der Waals surface area contributed by atoms with Crippen molar-refractivity contribution < 1.29 is 23.8 Å².